The van der Waals surface area contributed by atoms with E-state index in [9.17, 15) is 9.59 Å². The summed E-state index contributed by atoms with van der Waals surface area (Å²) >= 11 is 7.45. The first-order chi connectivity index (χ1) is 7.93. The van der Waals surface area contributed by atoms with Gasteiger partial charge in [0, 0.05) is 5.75 Å². The number of carbonyl (C=O) groups excluding carboxylic acids is 2. The van der Waals surface area contributed by atoms with Crippen LogP contribution in [0.3, 0.4) is 0 Å². The van der Waals surface area contributed by atoms with Crippen LogP contribution in [0.5, 0.6) is 0 Å². The highest BCUT2D eigenvalue weighted by Gasteiger charge is 2.52. The molecular weight excluding hydrogens is 264 g/mol. The molecule has 1 fully saturated rings. The van der Waals surface area contributed by atoms with Crippen molar-refractivity contribution in [3.05, 3.63) is 10.7 Å². The van der Waals surface area contributed by atoms with Crippen LogP contribution in [0.15, 0.2) is 10.7 Å². The Kier molecular flexibility index (Phi) is 3.38. The molecule has 1 unspecified atom stereocenters. The van der Waals surface area contributed by atoms with Gasteiger partial charge in [-0.15, -0.1) is 11.8 Å². The number of hydrogen-bond donors (Lipinski definition) is 1. The lowest BCUT2D eigenvalue weighted by Crippen LogP contribution is -2.68. The van der Waals surface area contributed by atoms with E-state index in [4.69, 9.17) is 22.1 Å². The highest BCUT2D eigenvalue weighted by molar-refractivity contribution is 8.00. The molecule has 7 heteroatoms. The maximum absolute atomic E-state index is 11.9. The zero-order chi connectivity index (χ0) is 12.7. The van der Waals surface area contributed by atoms with Gasteiger partial charge < -0.3 is 10.5 Å². The van der Waals surface area contributed by atoms with Crippen molar-refractivity contribution in [1.29, 1.82) is 0 Å². The monoisotopic (exact) mass is 276 g/mol. The second kappa shape index (κ2) is 4.51. The second-order valence-corrected chi connectivity index (χ2v) is 5.70. The summed E-state index contributed by atoms with van der Waals surface area (Å²) in [5, 5.41) is 0.150. The number of amides is 1. The fraction of sp³-hybridized carbons (Fsp3) is 0.600. The molecule has 2 aliphatic heterocycles. The van der Waals surface area contributed by atoms with Gasteiger partial charge in [-0.05, 0) is 13.8 Å². The Balaban J connectivity index is 2.24. The Hall–Kier alpha value is -0.720. The number of β-lactam (4-membered cyclic amide) rings is 1. The van der Waals surface area contributed by atoms with Gasteiger partial charge in [0.25, 0.3) is 0 Å². The molecule has 0 aromatic carbocycles. The van der Waals surface area contributed by atoms with E-state index < -0.39 is 12.0 Å². The molecule has 2 aliphatic rings. The molecule has 5 nitrogen and oxygen atoms in total. The number of carbonyl (C=O) groups is 2. The van der Waals surface area contributed by atoms with E-state index in [-0.39, 0.29) is 23.1 Å². The Morgan fingerprint density at radius 3 is 2.88 bits per heavy atom. The zero-order valence-corrected chi connectivity index (χ0v) is 11.0. The van der Waals surface area contributed by atoms with Crippen molar-refractivity contribution in [2.75, 3.05) is 5.75 Å². The van der Waals surface area contributed by atoms with Crippen molar-refractivity contribution in [3.63, 3.8) is 0 Å². The van der Waals surface area contributed by atoms with Crippen molar-refractivity contribution < 1.29 is 14.3 Å². The first kappa shape index (κ1) is 12.7. The lowest BCUT2D eigenvalue weighted by Gasteiger charge is -2.47. The predicted molar refractivity (Wildman–Crippen MR) is 65.2 cm³/mol. The van der Waals surface area contributed by atoms with Crippen molar-refractivity contribution in [3.8, 4) is 0 Å². The smallest absolute Gasteiger partial charge is 0.356 e. The van der Waals surface area contributed by atoms with Crippen molar-refractivity contribution in [2.24, 2.45) is 5.73 Å². The molecule has 17 heavy (non-hydrogen) atoms. The number of hydrogen-bond acceptors (Lipinski definition) is 5. The SMILES string of the molecule is CC(C)OC(=O)C1=C(Cl)CS[C@H]2C(N)C(=O)N12. The molecule has 0 spiro atoms. The molecule has 0 aromatic heterocycles. The first-order valence-electron chi connectivity index (χ1n) is 5.23. The van der Waals surface area contributed by atoms with Crippen LogP contribution in [0, 0.1) is 0 Å². The fourth-order valence-electron chi connectivity index (χ4n) is 1.74. The molecule has 2 heterocycles. The number of nitrogens with two attached hydrogens (primary N) is 1. The van der Waals surface area contributed by atoms with Crippen LogP contribution in [0.2, 0.25) is 0 Å². The third kappa shape index (κ3) is 2.05. The van der Waals surface area contributed by atoms with Crippen LogP contribution in [0.1, 0.15) is 13.8 Å². The Morgan fingerprint density at radius 1 is 1.65 bits per heavy atom. The minimum absolute atomic E-state index is 0.149. The molecule has 0 aliphatic carbocycles. The van der Waals surface area contributed by atoms with Gasteiger partial charge in [0.15, 0.2) is 0 Å². The number of esters is 1. The quantitative estimate of drug-likeness (QED) is 0.592. The maximum Gasteiger partial charge on any atom is 0.356 e. The Morgan fingerprint density at radius 2 is 2.29 bits per heavy atom. The van der Waals surface area contributed by atoms with Crippen LogP contribution in [-0.2, 0) is 14.3 Å². The molecule has 94 valence electrons. The van der Waals surface area contributed by atoms with E-state index in [1.165, 1.54) is 16.7 Å². The minimum Gasteiger partial charge on any atom is -0.458 e. The van der Waals surface area contributed by atoms with Crippen molar-refractivity contribution in [1.82, 2.24) is 4.90 Å². The van der Waals surface area contributed by atoms with Crippen molar-refractivity contribution in [2.45, 2.75) is 31.4 Å². The number of halogens is 1. The van der Waals surface area contributed by atoms with Gasteiger partial charge in [-0.1, -0.05) is 11.6 Å². The highest BCUT2D eigenvalue weighted by atomic mass is 35.5. The van der Waals surface area contributed by atoms with Gasteiger partial charge >= 0.3 is 5.97 Å². The Bertz CT molecular complexity index is 410. The van der Waals surface area contributed by atoms with Gasteiger partial charge in [-0.2, -0.15) is 0 Å². The van der Waals surface area contributed by atoms with E-state index in [0.29, 0.717) is 10.8 Å². The largest absolute Gasteiger partial charge is 0.458 e. The molecule has 2 rings (SSSR count). The second-order valence-electron chi connectivity index (χ2n) is 4.14. The zero-order valence-electron chi connectivity index (χ0n) is 9.47. The van der Waals surface area contributed by atoms with E-state index in [2.05, 4.69) is 0 Å². The van der Waals surface area contributed by atoms with E-state index in [1.54, 1.807) is 13.8 Å². The van der Waals surface area contributed by atoms with Crippen molar-refractivity contribution >= 4 is 35.2 Å². The summed E-state index contributed by atoms with van der Waals surface area (Å²) in [6.45, 7) is 3.48. The summed E-state index contributed by atoms with van der Waals surface area (Å²) in [6.07, 6.45) is -0.252. The van der Waals surface area contributed by atoms with E-state index in [1.807, 2.05) is 0 Å². The number of ether oxygens (including phenoxy) is 1. The molecule has 2 N–H and O–H groups in total. The van der Waals surface area contributed by atoms with Crippen LogP contribution in [0.4, 0.5) is 0 Å². The molecule has 0 bridgehead atoms. The van der Waals surface area contributed by atoms with Gasteiger partial charge in [-0.3, -0.25) is 9.69 Å². The van der Waals surface area contributed by atoms with Crippen LogP contribution in [0.25, 0.3) is 0 Å². The summed E-state index contributed by atoms with van der Waals surface area (Å²) in [4.78, 5) is 24.8. The van der Waals surface area contributed by atoms with Crippen LogP contribution >= 0.6 is 23.4 Å². The fourth-order valence-corrected chi connectivity index (χ4v) is 3.23. The number of fused-ring (bicyclic) bond motifs is 1. The molecule has 0 aromatic rings. The molecule has 1 amide bonds. The molecule has 0 saturated carbocycles. The van der Waals surface area contributed by atoms with E-state index >= 15 is 0 Å². The molecule has 2 atom stereocenters. The summed E-state index contributed by atoms with van der Waals surface area (Å²) < 4.78 is 5.07. The molecular formula is C10H13ClN2O3S. The highest BCUT2D eigenvalue weighted by Crippen LogP contribution is 2.40. The summed E-state index contributed by atoms with van der Waals surface area (Å²) in [7, 11) is 0. The van der Waals surface area contributed by atoms with Gasteiger partial charge in [0.05, 0.1) is 11.1 Å². The topological polar surface area (TPSA) is 72.6 Å². The third-order valence-electron chi connectivity index (χ3n) is 2.50. The lowest BCUT2D eigenvalue weighted by atomic mass is 10.1. The van der Waals surface area contributed by atoms with Crippen LogP contribution in [-0.4, -0.2) is 40.0 Å². The van der Waals surface area contributed by atoms with E-state index in [0.717, 1.165) is 0 Å². The summed E-state index contributed by atoms with van der Waals surface area (Å²) in [5.41, 5.74) is 5.80. The van der Waals surface area contributed by atoms with Gasteiger partial charge in [0.1, 0.15) is 17.1 Å². The number of rotatable bonds is 2. The van der Waals surface area contributed by atoms with Gasteiger partial charge in [0.2, 0.25) is 5.91 Å². The lowest BCUT2D eigenvalue weighted by molar-refractivity contribution is -0.152. The maximum atomic E-state index is 11.9. The minimum atomic E-state index is -0.560. The van der Waals surface area contributed by atoms with Gasteiger partial charge in [-0.25, -0.2) is 4.79 Å². The Labute approximate surface area is 108 Å². The molecule has 0 radical (unpaired) electrons. The normalized spacial score (nSPS) is 28.1. The molecule has 1 saturated heterocycles. The third-order valence-corrected chi connectivity index (χ3v) is 4.27. The number of thioether (sulfide) groups is 1. The number of nitrogens with zero attached hydrogens (tertiary/aromatic N) is 1. The standard InChI is InChI=1S/C10H13ClN2O3S/c1-4(2)16-10(15)7-5(11)3-17-9-6(12)8(14)13(7)9/h4,6,9H,3,12H2,1-2H3/t6?,9-/m0/s1. The average molecular weight is 277 g/mol. The average Bonchev–Trinajstić information content (AvgIpc) is 2.26. The predicted octanol–water partition coefficient (Wildman–Crippen LogP) is 0.631. The van der Waals surface area contributed by atoms with Crippen LogP contribution < -0.4 is 5.73 Å². The summed E-state index contributed by atoms with van der Waals surface area (Å²) in [6, 6.07) is -0.549. The first-order valence-corrected chi connectivity index (χ1v) is 6.66. The summed E-state index contributed by atoms with van der Waals surface area (Å²) in [5.74, 6) is -0.363.